The molecule has 0 saturated carbocycles. The van der Waals surface area contributed by atoms with Gasteiger partial charge in [-0.2, -0.15) is 0 Å². The van der Waals surface area contributed by atoms with Gasteiger partial charge < -0.3 is 10.2 Å². The van der Waals surface area contributed by atoms with Gasteiger partial charge in [0.15, 0.2) is 0 Å². The Hall–Kier alpha value is -0.360. The molecule has 0 radical (unpaired) electrons. The Balaban J connectivity index is 0.00000144. The molecule has 1 aliphatic heterocycles. The Morgan fingerprint density at radius 2 is 2.39 bits per heavy atom. The molecule has 2 rings (SSSR count). The number of thiazole rings is 1. The van der Waals surface area contributed by atoms with Gasteiger partial charge >= 0.3 is 0 Å². The van der Waals surface area contributed by atoms with Gasteiger partial charge in [-0.25, -0.2) is 4.98 Å². The highest BCUT2D eigenvalue weighted by molar-refractivity contribution is 7.07. The second kappa shape index (κ2) is 8.69. The molecule has 1 unspecified atom stereocenters. The summed E-state index contributed by atoms with van der Waals surface area (Å²) in [7, 11) is 0. The molecule has 0 spiro atoms. The maximum Gasteiger partial charge on any atom is 0.223 e. The summed E-state index contributed by atoms with van der Waals surface area (Å²) >= 11 is 1.58. The van der Waals surface area contributed by atoms with Crippen molar-refractivity contribution in [2.45, 2.75) is 25.8 Å². The highest BCUT2D eigenvalue weighted by Gasteiger charge is 2.19. The Kier molecular flexibility index (Phi) is 8.52. The van der Waals surface area contributed by atoms with Gasteiger partial charge in [0.1, 0.15) is 0 Å². The molecule has 1 aromatic rings. The maximum absolute atomic E-state index is 11.9. The van der Waals surface area contributed by atoms with E-state index in [9.17, 15) is 4.79 Å². The van der Waals surface area contributed by atoms with Crippen LogP contribution in [-0.2, 0) is 11.2 Å². The molecule has 1 N–H and O–H groups in total. The lowest BCUT2D eigenvalue weighted by molar-refractivity contribution is -0.132. The van der Waals surface area contributed by atoms with Crippen molar-refractivity contribution in [2.75, 3.05) is 19.6 Å². The quantitative estimate of drug-likeness (QED) is 0.925. The van der Waals surface area contributed by atoms with Crippen molar-refractivity contribution in [3.63, 3.8) is 0 Å². The van der Waals surface area contributed by atoms with Crippen LogP contribution in [0, 0.1) is 0 Å². The summed E-state index contributed by atoms with van der Waals surface area (Å²) in [5.74, 6) is 0.251. The second-order valence-corrected chi connectivity index (χ2v) is 4.89. The van der Waals surface area contributed by atoms with Gasteiger partial charge in [-0.05, 0) is 13.3 Å². The van der Waals surface area contributed by atoms with Gasteiger partial charge in [-0.1, -0.05) is 0 Å². The number of halogens is 2. The van der Waals surface area contributed by atoms with Gasteiger partial charge in [0.25, 0.3) is 0 Å². The number of carbonyl (C=O) groups is 1. The van der Waals surface area contributed by atoms with Crippen molar-refractivity contribution < 1.29 is 4.79 Å². The number of piperazine rings is 1. The zero-order chi connectivity index (χ0) is 11.4. The number of aromatic nitrogens is 1. The molecule has 0 aliphatic carbocycles. The van der Waals surface area contributed by atoms with E-state index in [1.807, 2.05) is 15.8 Å². The molecule has 2 heterocycles. The SMILES string of the molecule is CC1CN(C(=O)CCc2cscn2)CCN1.Cl.Cl. The molecule has 1 aromatic heterocycles. The van der Waals surface area contributed by atoms with Crippen LogP contribution < -0.4 is 5.32 Å². The van der Waals surface area contributed by atoms with Gasteiger partial charge in [0, 0.05) is 37.5 Å². The highest BCUT2D eigenvalue weighted by Crippen LogP contribution is 2.07. The first kappa shape index (κ1) is 17.6. The lowest BCUT2D eigenvalue weighted by atomic mass is 10.2. The summed E-state index contributed by atoms with van der Waals surface area (Å²) in [4.78, 5) is 18.0. The molecule has 7 heteroatoms. The van der Waals surface area contributed by atoms with E-state index in [0.29, 0.717) is 12.5 Å². The fourth-order valence-electron chi connectivity index (χ4n) is 1.91. The smallest absolute Gasteiger partial charge is 0.223 e. The third kappa shape index (κ3) is 5.10. The molecule has 18 heavy (non-hydrogen) atoms. The predicted molar refractivity (Wildman–Crippen MR) is 79.0 cm³/mol. The average molecular weight is 312 g/mol. The predicted octanol–water partition coefficient (Wildman–Crippen LogP) is 1.74. The van der Waals surface area contributed by atoms with Gasteiger partial charge in [0.2, 0.25) is 5.91 Å². The second-order valence-electron chi connectivity index (χ2n) is 4.17. The standard InChI is InChI=1S/C11H17N3OS.2ClH/c1-9-6-14(5-4-12-9)11(15)3-2-10-7-16-8-13-10;;/h7-9,12H,2-6H2,1H3;2*1H. The third-order valence-corrected chi connectivity index (χ3v) is 3.44. The van der Waals surface area contributed by atoms with Crippen LogP contribution in [0.1, 0.15) is 19.0 Å². The van der Waals surface area contributed by atoms with Crippen molar-refractivity contribution in [1.82, 2.24) is 15.2 Å². The summed E-state index contributed by atoms with van der Waals surface area (Å²) in [5, 5.41) is 5.34. The number of nitrogens with zero attached hydrogens (tertiary/aromatic N) is 2. The fourth-order valence-corrected chi connectivity index (χ4v) is 2.51. The van der Waals surface area contributed by atoms with Crippen LogP contribution in [-0.4, -0.2) is 41.5 Å². The van der Waals surface area contributed by atoms with Crippen LogP contribution >= 0.6 is 36.2 Å². The molecule has 4 nitrogen and oxygen atoms in total. The van der Waals surface area contributed by atoms with Crippen molar-refractivity contribution in [2.24, 2.45) is 0 Å². The first-order valence-corrected chi connectivity index (χ1v) is 6.58. The van der Waals surface area contributed by atoms with Gasteiger partial charge in [0.05, 0.1) is 11.2 Å². The van der Waals surface area contributed by atoms with Crippen molar-refractivity contribution in [3.8, 4) is 0 Å². The van der Waals surface area contributed by atoms with E-state index in [-0.39, 0.29) is 30.7 Å². The van der Waals surface area contributed by atoms with Crippen molar-refractivity contribution >= 4 is 42.1 Å². The molecule has 1 aliphatic rings. The van der Waals surface area contributed by atoms with E-state index in [0.717, 1.165) is 31.7 Å². The number of aryl methyl sites for hydroxylation is 1. The van der Waals surface area contributed by atoms with E-state index < -0.39 is 0 Å². The number of carbonyl (C=O) groups excluding carboxylic acids is 1. The number of amides is 1. The van der Waals surface area contributed by atoms with E-state index in [1.54, 1.807) is 11.3 Å². The Morgan fingerprint density at radius 3 is 3.00 bits per heavy atom. The molecular weight excluding hydrogens is 293 g/mol. The van der Waals surface area contributed by atoms with E-state index >= 15 is 0 Å². The van der Waals surface area contributed by atoms with Crippen LogP contribution in [0.2, 0.25) is 0 Å². The highest BCUT2D eigenvalue weighted by atomic mass is 35.5. The first-order chi connectivity index (χ1) is 7.75. The minimum absolute atomic E-state index is 0. The summed E-state index contributed by atoms with van der Waals surface area (Å²) < 4.78 is 0. The molecule has 0 bridgehead atoms. The minimum atomic E-state index is 0. The third-order valence-electron chi connectivity index (χ3n) is 2.80. The number of nitrogens with one attached hydrogen (secondary N) is 1. The Morgan fingerprint density at radius 1 is 1.61 bits per heavy atom. The number of rotatable bonds is 3. The Labute approximate surface area is 124 Å². The summed E-state index contributed by atoms with van der Waals surface area (Å²) in [5.41, 5.74) is 2.84. The molecule has 1 fully saturated rings. The molecule has 1 atom stereocenters. The largest absolute Gasteiger partial charge is 0.340 e. The molecule has 104 valence electrons. The first-order valence-electron chi connectivity index (χ1n) is 5.64. The van der Waals surface area contributed by atoms with Crippen molar-refractivity contribution in [3.05, 3.63) is 16.6 Å². The molecule has 1 amide bonds. The molecule has 0 aromatic carbocycles. The topological polar surface area (TPSA) is 45.2 Å². The lowest BCUT2D eigenvalue weighted by Crippen LogP contribution is -2.51. The maximum atomic E-state index is 11.9. The molecule has 1 saturated heterocycles. The normalized spacial score (nSPS) is 18.7. The minimum Gasteiger partial charge on any atom is -0.340 e. The monoisotopic (exact) mass is 311 g/mol. The zero-order valence-electron chi connectivity index (χ0n) is 10.3. The summed E-state index contributed by atoms with van der Waals surface area (Å²) in [6.45, 7) is 4.68. The zero-order valence-corrected chi connectivity index (χ0v) is 12.7. The van der Waals surface area contributed by atoms with Crippen LogP contribution in [0.4, 0.5) is 0 Å². The summed E-state index contributed by atoms with van der Waals surface area (Å²) in [6.07, 6.45) is 1.34. The van der Waals surface area contributed by atoms with Crippen LogP contribution in [0.5, 0.6) is 0 Å². The van der Waals surface area contributed by atoms with E-state index in [4.69, 9.17) is 0 Å². The number of hydrogen-bond donors (Lipinski definition) is 1. The Bertz CT molecular complexity index is 348. The van der Waals surface area contributed by atoms with Crippen LogP contribution in [0.15, 0.2) is 10.9 Å². The fraction of sp³-hybridized carbons (Fsp3) is 0.636. The summed E-state index contributed by atoms with van der Waals surface area (Å²) in [6, 6.07) is 0.414. The van der Waals surface area contributed by atoms with Gasteiger partial charge in [-0.15, -0.1) is 36.2 Å². The van der Waals surface area contributed by atoms with Crippen LogP contribution in [0.3, 0.4) is 0 Å². The van der Waals surface area contributed by atoms with Crippen LogP contribution in [0.25, 0.3) is 0 Å². The average Bonchev–Trinajstić information content (AvgIpc) is 2.78. The molecular formula is C11H19Cl2N3OS. The van der Waals surface area contributed by atoms with Crippen molar-refractivity contribution in [1.29, 1.82) is 0 Å². The van der Waals surface area contributed by atoms with Gasteiger partial charge in [-0.3, -0.25) is 4.79 Å². The van der Waals surface area contributed by atoms with E-state index in [1.165, 1.54) is 0 Å². The lowest BCUT2D eigenvalue weighted by Gasteiger charge is -2.31. The number of hydrogen-bond acceptors (Lipinski definition) is 4. The van der Waals surface area contributed by atoms with E-state index in [2.05, 4.69) is 17.2 Å².